The molecular weight excluding hydrogens is 324 g/mol. The number of hydrogen-bond donors (Lipinski definition) is 2. The van der Waals surface area contributed by atoms with Crippen molar-refractivity contribution < 1.29 is 9.90 Å². The van der Waals surface area contributed by atoms with Gasteiger partial charge in [0.2, 0.25) is 0 Å². The second-order valence-corrected chi connectivity index (χ2v) is 8.63. The Morgan fingerprint density at radius 2 is 1.92 bits per heavy atom. The molecule has 1 amide bonds. The summed E-state index contributed by atoms with van der Waals surface area (Å²) in [6.45, 7) is 11.3. The molecule has 2 aliphatic heterocycles. The molecule has 2 unspecified atom stereocenters. The van der Waals surface area contributed by atoms with Crippen molar-refractivity contribution in [1.82, 2.24) is 10.2 Å². The predicted molar refractivity (Wildman–Crippen MR) is 106 cm³/mol. The van der Waals surface area contributed by atoms with Gasteiger partial charge in [-0.25, -0.2) is 0 Å². The van der Waals surface area contributed by atoms with Crippen molar-refractivity contribution in [3.63, 3.8) is 0 Å². The quantitative estimate of drug-likeness (QED) is 0.846. The number of nitrogens with one attached hydrogen (secondary N) is 1. The summed E-state index contributed by atoms with van der Waals surface area (Å²) in [5.74, 6) is 1.26. The fourth-order valence-electron chi connectivity index (χ4n) is 4.48. The van der Waals surface area contributed by atoms with Crippen LogP contribution in [0.15, 0.2) is 12.1 Å². The van der Waals surface area contributed by atoms with Crippen LogP contribution in [0, 0.1) is 5.92 Å². The zero-order valence-corrected chi connectivity index (χ0v) is 16.7. The number of amides is 1. The van der Waals surface area contributed by atoms with E-state index in [-0.39, 0.29) is 17.6 Å². The zero-order valence-electron chi connectivity index (χ0n) is 16.7. The van der Waals surface area contributed by atoms with E-state index in [2.05, 4.69) is 44.0 Å². The number of phenols is 1. The fraction of sp³-hybridized carbons (Fsp3) is 0.682. The van der Waals surface area contributed by atoms with Crippen LogP contribution in [0.1, 0.15) is 86.7 Å². The molecule has 2 heterocycles. The third-order valence-electron chi connectivity index (χ3n) is 6.13. The van der Waals surface area contributed by atoms with Gasteiger partial charge in [-0.2, -0.15) is 0 Å². The Morgan fingerprint density at radius 1 is 1.15 bits per heavy atom. The van der Waals surface area contributed by atoms with Crippen LogP contribution >= 0.6 is 0 Å². The first-order chi connectivity index (χ1) is 12.4. The minimum absolute atomic E-state index is 0.0171. The molecule has 2 N–H and O–H groups in total. The second-order valence-electron chi connectivity index (χ2n) is 8.63. The van der Waals surface area contributed by atoms with E-state index in [1.165, 1.54) is 6.42 Å². The highest BCUT2D eigenvalue weighted by atomic mass is 16.3. The van der Waals surface area contributed by atoms with Crippen molar-refractivity contribution in [2.45, 2.75) is 71.3 Å². The summed E-state index contributed by atoms with van der Waals surface area (Å²) >= 11 is 0. The Kier molecular flexibility index (Phi) is 5.91. The number of nitrogens with zero attached hydrogens (tertiary/aromatic N) is 1. The van der Waals surface area contributed by atoms with E-state index in [1.807, 2.05) is 6.07 Å². The maximum Gasteiger partial charge on any atom is 0.257 e. The molecule has 2 aliphatic rings. The molecule has 4 nitrogen and oxygen atoms in total. The topological polar surface area (TPSA) is 52.6 Å². The molecule has 0 saturated carbocycles. The Bertz CT molecular complexity index is 648. The van der Waals surface area contributed by atoms with Crippen molar-refractivity contribution in [2.75, 3.05) is 19.6 Å². The largest absolute Gasteiger partial charge is 0.507 e. The molecule has 144 valence electrons. The molecule has 0 spiro atoms. The molecule has 0 aliphatic carbocycles. The predicted octanol–water partition coefficient (Wildman–Crippen LogP) is 4.24. The Hall–Kier alpha value is -1.55. The highest BCUT2D eigenvalue weighted by Gasteiger charge is 2.35. The number of likely N-dealkylation sites (tertiary alicyclic amines) is 1. The van der Waals surface area contributed by atoms with Crippen molar-refractivity contribution in [2.24, 2.45) is 5.92 Å². The lowest BCUT2D eigenvalue weighted by molar-refractivity contribution is 0.0526. The first kappa shape index (κ1) is 19.2. The number of piperidine rings is 1. The Labute approximate surface area is 158 Å². The minimum Gasteiger partial charge on any atom is -0.507 e. The van der Waals surface area contributed by atoms with Gasteiger partial charge in [0.05, 0.1) is 5.56 Å². The van der Waals surface area contributed by atoms with Crippen LogP contribution in [-0.4, -0.2) is 41.6 Å². The standard InChI is InChI=1S/C22H34N2O2/c1-14(2)17-11-18(15(3)4)21(25)19(12-17)22(26)24-10-6-5-7-20(24)16-8-9-23-13-16/h11-12,14-16,20,23,25H,5-10,13H2,1-4H3. The lowest BCUT2D eigenvalue weighted by atomic mass is 9.87. The van der Waals surface area contributed by atoms with Gasteiger partial charge in [-0.3, -0.25) is 4.79 Å². The van der Waals surface area contributed by atoms with Crippen LogP contribution in [0.3, 0.4) is 0 Å². The van der Waals surface area contributed by atoms with Crippen LogP contribution in [0.2, 0.25) is 0 Å². The van der Waals surface area contributed by atoms with Gasteiger partial charge in [0.1, 0.15) is 5.75 Å². The number of carbonyl (C=O) groups excluding carboxylic acids is 1. The molecule has 1 aromatic rings. The Morgan fingerprint density at radius 3 is 2.54 bits per heavy atom. The average Bonchev–Trinajstić information content (AvgIpc) is 3.15. The van der Waals surface area contributed by atoms with Gasteiger partial charge in [0.25, 0.3) is 5.91 Å². The molecule has 0 aromatic heterocycles. The molecular formula is C22H34N2O2. The minimum atomic E-state index is 0.0171. The van der Waals surface area contributed by atoms with E-state index in [1.54, 1.807) is 0 Å². The van der Waals surface area contributed by atoms with Crippen LogP contribution in [-0.2, 0) is 0 Å². The molecule has 2 saturated heterocycles. The monoisotopic (exact) mass is 358 g/mol. The number of benzene rings is 1. The molecule has 2 atom stereocenters. The van der Waals surface area contributed by atoms with E-state index in [0.717, 1.165) is 50.0 Å². The van der Waals surface area contributed by atoms with E-state index >= 15 is 0 Å². The summed E-state index contributed by atoms with van der Waals surface area (Å²) in [7, 11) is 0. The molecule has 1 aromatic carbocycles. The maximum atomic E-state index is 13.5. The first-order valence-electron chi connectivity index (χ1n) is 10.3. The molecule has 0 radical (unpaired) electrons. The molecule has 3 rings (SSSR count). The molecule has 26 heavy (non-hydrogen) atoms. The SMILES string of the molecule is CC(C)c1cc(C(=O)N2CCCCC2C2CCNC2)c(O)c(C(C)C)c1. The van der Waals surface area contributed by atoms with Gasteiger partial charge >= 0.3 is 0 Å². The summed E-state index contributed by atoms with van der Waals surface area (Å²) < 4.78 is 0. The smallest absolute Gasteiger partial charge is 0.257 e. The number of aromatic hydroxyl groups is 1. The van der Waals surface area contributed by atoms with E-state index in [9.17, 15) is 9.90 Å². The molecule has 0 bridgehead atoms. The van der Waals surface area contributed by atoms with Crippen molar-refractivity contribution >= 4 is 5.91 Å². The van der Waals surface area contributed by atoms with Crippen LogP contribution in [0.5, 0.6) is 5.75 Å². The maximum absolute atomic E-state index is 13.5. The lowest BCUT2D eigenvalue weighted by Crippen LogP contribution is -2.48. The third kappa shape index (κ3) is 3.75. The summed E-state index contributed by atoms with van der Waals surface area (Å²) in [5.41, 5.74) is 2.51. The van der Waals surface area contributed by atoms with Crippen LogP contribution < -0.4 is 5.32 Å². The summed E-state index contributed by atoms with van der Waals surface area (Å²) in [4.78, 5) is 15.5. The Balaban J connectivity index is 1.96. The van der Waals surface area contributed by atoms with Gasteiger partial charge in [0, 0.05) is 12.6 Å². The van der Waals surface area contributed by atoms with Crippen molar-refractivity contribution in [1.29, 1.82) is 0 Å². The normalized spacial score (nSPS) is 23.8. The summed E-state index contributed by atoms with van der Waals surface area (Å²) in [6.07, 6.45) is 4.48. The van der Waals surface area contributed by atoms with Crippen LogP contribution in [0.4, 0.5) is 0 Å². The van der Waals surface area contributed by atoms with Crippen molar-refractivity contribution in [3.05, 3.63) is 28.8 Å². The van der Waals surface area contributed by atoms with E-state index < -0.39 is 0 Å². The summed E-state index contributed by atoms with van der Waals surface area (Å²) in [5, 5.41) is 14.3. The number of carbonyl (C=O) groups is 1. The number of hydrogen-bond acceptors (Lipinski definition) is 3. The molecule has 2 fully saturated rings. The van der Waals surface area contributed by atoms with Crippen molar-refractivity contribution in [3.8, 4) is 5.75 Å². The second kappa shape index (κ2) is 7.99. The summed E-state index contributed by atoms with van der Waals surface area (Å²) in [6, 6.07) is 4.29. The van der Waals surface area contributed by atoms with Crippen LogP contribution in [0.25, 0.3) is 0 Å². The van der Waals surface area contributed by atoms with Gasteiger partial charge in [-0.1, -0.05) is 33.8 Å². The van der Waals surface area contributed by atoms with Gasteiger partial charge in [0.15, 0.2) is 0 Å². The third-order valence-corrected chi connectivity index (χ3v) is 6.13. The first-order valence-corrected chi connectivity index (χ1v) is 10.3. The average molecular weight is 359 g/mol. The van der Waals surface area contributed by atoms with Gasteiger partial charge in [-0.05, 0) is 73.7 Å². The highest BCUT2D eigenvalue weighted by Crippen LogP contribution is 2.36. The van der Waals surface area contributed by atoms with E-state index in [4.69, 9.17) is 0 Å². The van der Waals surface area contributed by atoms with Gasteiger partial charge < -0.3 is 15.3 Å². The fourth-order valence-corrected chi connectivity index (χ4v) is 4.48. The zero-order chi connectivity index (χ0) is 18.8. The lowest BCUT2D eigenvalue weighted by Gasteiger charge is -2.39. The van der Waals surface area contributed by atoms with Gasteiger partial charge in [-0.15, -0.1) is 0 Å². The number of phenolic OH excluding ortho intramolecular Hbond substituents is 1. The molecule has 4 heteroatoms. The highest BCUT2D eigenvalue weighted by molar-refractivity contribution is 5.98. The van der Waals surface area contributed by atoms with E-state index in [0.29, 0.717) is 23.4 Å². The number of rotatable bonds is 4.